The molecule has 2 rings (SSSR count). The molecular weight excluding hydrogens is 359 g/mol. The number of anilines is 2. The first-order chi connectivity index (χ1) is 11.9. The molecule has 2 aromatic rings. The third-order valence-electron chi connectivity index (χ3n) is 3.47. The van der Waals surface area contributed by atoms with Crippen LogP contribution in [0.25, 0.3) is 0 Å². The maximum atomic E-state index is 12.8. The fraction of sp³-hybridized carbons (Fsp3) is 0.389. The first-order valence-electron chi connectivity index (χ1n) is 8.31. The zero-order chi connectivity index (χ0) is 18.4. The standard InChI is InChI=1S/C18H22Cl2N4O/c1-4-6-24(7-5-2)17(25)16-8-12(3)21-18(23-16)22-15-10-13(19)9-14(20)11-15/h8-11H,4-7H2,1-3H3,(H,21,22,23). The van der Waals surface area contributed by atoms with Gasteiger partial charge in [0, 0.05) is 34.5 Å². The van der Waals surface area contributed by atoms with Crippen molar-refractivity contribution in [3.05, 3.63) is 45.7 Å². The van der Waals surface area contributed by atoms with Gasteiger partial charge in [-0.2, -0.15) is 0 Å². The van der Waals surface area contributed by atoms with E-state index >= 15 is 0 Å². The highest BCUT2D eigenvalue weighted by atomic mass is 35.5. The third-order valence-corrected chi connectivity index (χ3v) is 3.90. The number of carbonyl (C=O) groups is 1. The van der Waals surface area contributed by atoms with E-state index in [1.807, 2.05) is 11.8 Å². The Kier molecular flexibility index (Phi) is 7.02. The van der Waals surface area contributed by atoms with Crippen molar-refractivity contribution in [1.29, 1.82) is 0 Å². The maximum absolute atomic E-state index is 12.8. The summed E-state index contributed by atoms with van der Waals surface area (Å²) in [6.07, 6.45) is 1.81. The zero-order valence-corrected chi connectivity index (χ0v) is 16.2. The van der Waals surface area contributed by atoms with Crippen molar-refractivity contribution < 1.29 is 4.79 Å². The lowest BCUT2D eigenvalue weighted by molar-refractivity contribution is 0.0749. The number of benzene rings is 1. The second kappa shape index (κ2) is 9.02. The molecule has 1 aromatic carbocycles. The largest absolute Gasteiger partial charge is 0.337 e. The fourth-order valence-corrected chi connectivity index (χ4v) is 3.03. The summed E-state index contributed by atoms with van der Waals surface area (Å²) in [5.74, 6) is 0.260. The minimum Gasteiger partial charge on any atom is -0.337 e. The van der Waals surface area contributed by atoms with Crippen LogP contribution in [0.1, 0.15) is 42.9 Å². The topological polar surface area (TPSA) is 58.1 Å². The lowest BCUT2D eigenvalue weighted by Gasteiger charge is -2.21. The van der Waals surface area contributed by atoms with Crippen LogP contribution in [0.3, 0.4) is 0 Å². The molecule has 0 aliphatic heterocycles. The summed E-state index contributed by atoms with van der Waals surface area (Å²) < 4.78 is 0. The first-order valence-corrected chi connectivity index (χ1v) is 9.06. The molecule has 0 spiro atoms. The highest BCUT2D eigenvalue weighted by Gasteiger charge is 2.17. The van der Waals surface area contributed by atoms with E-state index in [0.29, 0.717) is 46.2 Å². The second-order valence-electron chi connectivity index (χ2n) is 5.79. The Morgan fingerprint density at radius 3 is 2.20 bits per heavy atom. The van der Waals surface area contributed by atoms with E-state index in [2.05, 4.69) is 29.1 Å². The molecule has 0 saturated heterocycles. The number of aromatic nitrogens is 2. The molecule has 0 aliphatic carbocycles. The molecule has 0 radical (unpaired) electrons. The fourth-order valence-electron chi connectivity index (χ4n) is 2.51. The van der Waals surface area contributed by atoms with Crippen LogP contribution in [0.4, 0.5) is 11.6 Å². The maximum Gasteiger partial charge on any atom is 0.272 e. The SMILES string of the molecule is CCCN(CCC)C(=O)c1cc(C)nc(Nc2cc(Cl)cc(Cl)c2)n1. The van der Waals surface area contributed by atoms with E-state index in [1.54, 1.807) is 24.3 Å². The summed E-state index contributed by atoms with van der Waals surface area (Å²) in [6, 6.07) is 6.80. The summed E-state index contributed by atoms with van der Waals surface area (Å²) in [5.41, 5.74) is 1.76. The molecule has 0 aliphatic rings. The van der Waals surface area contributed by atoms with Crippen molar-refractivity contribution in [2.75, 3.05) is 18.4 Å². The van der Waals surface area contributed by atoms with E-state index in [1.165, 1.54) is 0 Å². The van der Waals surface area contributed by atoms with Crippen molar-refractivity contribution >= 4 is 40.7 Å². The van der Waals surface area contributed by atoms with Gasteiger partial charge in [0.1, 0.15) is 5.69 Å². The van der Waals surface area contributed by atoms with Crippen LogP contribution in [-0.2, 0) is 0 Å². The van der Waals surface area contributed by atoms with Crippen LogP contribution in [0, 0.1) is 6.92 Å². The Bertz CT molecular complexity index is 726. The van der Waals surface area contributed by atoms with Gasteiger partial charge in [0.05, 0.1) is 0 Å². The second-order valence-corrected chi connectivity index (χ2v) is 6.67. The smallest absolute Gasteiger partial charge is 0.272 e. The molecule has 7 heteroatoms. The number of carbonyl (C=O) groups excluding carboxylic acids is 1. The number of hydrogen-bond donors (Lipinski definition) is 1. The van der Waals surface area contributed by atoms with Crippen LogP contribution in [0.5, 0.6) is 0 Å². The molecule has 0 fully saturated rings. The molecule has 1 aromatic heterocycles. The number of halogens is 2. The molecule has 0 bridgehead atoms. The summed E-state index contributed by atoms with van der Waals surface area (Å²) in [7, 11) is 0. The molecule has 0 unspecified atom stereocenters. The molecule has 1 N–H and O–H groups in total. The third kappa shape index (κ3) is 5.58. The molecule has 1 amide bonds. The van der Waals surface area contributed by atoms with Gasteiger partial charge in [0.2, 0.25) is 5.95 Å². The molecule has 5 nitrogen and oxygen atoms in total. The Morgan fingerprint density at radius 2 is 1.64 bits per heavy atom. The van der Waals surface area contributed by atoms with Gasteiger partial charge in [-0.25, -0.2) is 9.97 Å². The normalized spacial score (nSPS) is 10.6. The number of aryl methyl sites for hydroxylation is 1. The van der Waals surface area contributed by atoms with Crippen LogP contribution in [0.15, 0.2) is 24.3 Å². The van der Waals surface area contributed by atoms with Crippen molar-refractivity contribution in [1.82, 2.24) is 14.9 Å². The summed E-state index contributed by atoms with van der Waals surface area (Å²) in [5, 5.41) is 4.08. The molecule has 0 atom stereocenters. The average molecular weight is 381 g/mol. The van der Waals surface area contributed by atoms with Gasteiger partial charge >= 0.3 is 0 Å². The van der Waals surface area contributed by atoms with Gasteiger partial charge in [-0.3, -0.25) is 4.79 Å². The Labute approximate surface area is 158 Å². The Morgan fingerprint density at radius 1 is 1.04 bits per heavy atom. The Hall–Kier alpha value is -1.85. The summed E-state index contributed by atoms with van der Waals surface area (Å²) in [6.45, 7) is 7.36. The van der Waals surface area contributed by atoms with Crippen LogP contribution < -0.4 is 5.32 Å². The van der Waals surface area contributed by atoms with E-state index in [9.17, 15) is 4.79 Å². The lowest BCUT2D eigenvalue weighted by Crippen LogP contribution is -2.33. The quantitative estimate of drug-likeness (QED) is 0.725. The number of hydrogen-bond acceptors (Lipinski definition) is 4. The van der Waals surface area contributed by atoms with Gasteiger partial charge in [-0.05, 0) is 44.0 Å². The molecule has 1 heterocycles. The van der Waals surface area contributed by atoms with Crippen molar-refractivity contribution in [2.24, 2.45) is 0 Å². The highest BCUT2D eigenvalue weighted by Crippen LogP contribution is 2.24. The molecule has 134 valence electrons. The average Bonchev–Trinajstić information content (AvgIpc) is 2.52. The monoisotopic (exact) mass is 380 g/mol. The number of amides is 1. The van der Waals surface area contributed by atoms with Gasteiger partial charge in [0.25, 0.3) is 5.91 Å². The van der Waals surface area contributed by atoms with Crippen molar-refractivity contribution in [3.63, 3.8) is 0 Å². The van der Waals surface area contributed by atoms with Crippen LogP contribution in [-0.4, -0.2) is 33.9 Å². The molecule has 0 saturated carbocycles. The minimum atomic E-state index is -0.0821. The van der Waals surface area contributed by atoms with E-state index in [4.69, 9.17) is 23.2 Å². The van der Waals surface area contributed by atoms with E-state index in [0.717, 1.165) is 12.8 Å². The van der Waals surface area contributed by atoms with Crippen LogP contribution >= 0.6 is 23.2 Å². The number of rotatable bonds is 7. The van der Waals surface area contributed by atoms with Crippen molar-refractivity contribution in [3.8, 4) is 0 Å². The van der Waals surface area contributed by atoms with Gasteiger partial charge in [0.15, 0.2) is 0 Å². The van der Waals surface area contributed by atoms with Crippen molar-refractivity contribution in [2.45, 2.75) is 33.6 Å². The van der Waals surface area contributed by atoms with Crippen LogP contribution in [0.2, 0.25) is 10.0 Å². The van der Waals surface area contributed by atoms with E-state index < -0.39 is 0 Å². The van der Waals surface area contributed by atoms with Gasteiger partial charge < -0.3 is 10.2 Å². The van der Waals surface area contributed by atoms with E-state index in [-0.39, 0.29) is 5.91 Å². The molecular formula is C18H22Cl2N4O. The predicted molar refractivity (Wildman–Crippen MR) is 103 cm³/mol. The lowest BCUT2D eigenvalue weighted by atomic mass is 10.2. The van der Waals surface area contributed by atoms with Gasteiger partial charge in [-0.15, -0.1) is 0 Å². The Balaban J connectivity index is 2.28. The molecule has 25 heavy (non-hydrogen) atoms. The summed E-state index contributed by atoms with van der Waals surface area (Å²) >= 11 is 12.0. The summed E-state index contributed by atoms with van der Waals surface area (Å²) in [4.78, 5) is 23.3. The predicted octanol–water partition coefficient (Wildman–Crippen LogP) is 5.10. The first kappa shape index (κ1) is 19.5. The number of nitrogens with zero attached hydrogens (tertiary/aromatic N) is 3. The highest BCUT2D eigenvalue weighted by molar-refractivity contribution is 6.35. The number of nitrogens with one attached hydrogen (secondary N) is 1. The minimum absolute atomic E-state index is 0.0821. The zero-order valence-electron chi connectivity index (χ0n) is 14.6. The van der Waals surface area contributed by atoms with Gasteiger partial charge in [-0.1, -0.05) is 37.0 Å².